The SMILES string of the molecule is CCOP(=O)(Cc1nc2c(F)cccc2o1)OCC. The van der Waals surface area contributed by atoms with Gasteiger partial charge >= 0.3 is 7.60 Å². The zero-order valence-electron chi connectivity index (χ0n) is 10.8. The number of benzene rings is 1. The minimum absolute atomic E-state index is 0.108. The summed E-state index contributed by atoms with van der Waals surface area (Å²) >= 11 is 0. The van der Waals surface area contributed by atoms with Crippen LogP contribution in [0.3, 0.4) is 0 Å². The summed E-state index contributed by atoms with van der Waals surface area (Å²) in [6.45, 7) is 3.95. The van der Waals surface area contributed by atoms with E-state index in [1.807, 2.05) is 0 Å². The molecule has 19 heavy (non-hydrogen) atoms. The van der Waals surface area contributed by atoms with Crippen molar-refractivity contribution in [3.63, 3.8) is 0 Å². The van der Waals surface area contributed by atoms with Crippen LogP contribution in [-0.4, -0.2) is 18.2 Å². The fourth-order valence-electron chi connectivity index (χ4n) is 1.72. The first-order valence-corrected chi connectivity index (χ1v) is 7.73. The molecule has 0 fully saturated rings. The van der Waals surface area contributed by atoms with Crippen LogP contribution in [-0.2, 0) is 19.8 Å². The fraction of sp³-hybridized carbons (Fsp3) is 0.417. The number of rotatable bonds is 6. The molecule has 2 rings (SSSR count). The minimum Gasteiger partial charge on any atom is -0.440 e. The van der Waals surface area contributed by atoms with Gasteiger partial charge in [-0.2, -0.15) is 0 Å². The van der Waals surface area contributed by atoms with E-state index in [9.17, 15) is 8.96 Å². The average molecular weight is 287 g/mol. The van der Waals surface area contributed by atoms with Gasteiger partial charge in [0.2, 0.25) is 5.89 Å². The van der Waals surface area contributed by atoms with Crippen LogP contribution in [0.1, 0.15) is 19.7 Å². The summed E-state index contributed by atoms with van der Waals surface area (Å²) in [7, 11) is -3.29. The Balaban J connectivity index is 2.29. The van der Waals surface area contributed by atoms with Gasteiger partial charge in [0, 0.05) is 0 Å². The maximum Gasteiger partial charge on any atom is 0.339 e. The van der Waals surface area contributed by atoms with E-state index < -0.39 is 13.4 Å². The Bertz CT molecular complexity index is 603. The lowest BCUT2D eigenvalue weighted by Crippen LogP contribution is -1.99. The Morgan fingerprint density at radius 2 is 2.00 bits per heavy atom. The number of para-hydroxylation sites is 1. The van der Waals surface area contributed by atoms with Crippen molar-refractivity contribution in [2.45, 2.75) is 20.0 Å². The van der Waals surface area contributed by atoms with Crippen LogP contribution in [0, 0.1) is 5.82 Å². The molecule has 0 bridgehead atoms. The normalized spacial score (nSPS) is 12.2. The van der Waals surface area contributed by atoms with Crippen LogP contribution in [0.25, 0.3) is 11.1 Å². The monoisotopic (exact) mass is 287 g/mol. The maximum atomic E-state index is 13.5. The van der Waals surface area contributed by atoms with Gasteiger partial charge in [-0.05, 0) is 26.0 Å². The molecule has 0 aliphatic carbocycles. The minimum atomic E-state index is -3.29. The molecule has 1 aromatic heterocycles. The smallest absolute Gasteiger partial charge is 0.339 e. The number of aromatic nitrogens is 1. The second kappa shape index (κ2) is 5.82. The molecule has 5 nitrogen and oxygen atoms in total. The quantitative estimate of drug-likeness (QED) is 0.757. The van der Waals surface area contributed by atoms with Crippen molar-refractivity contribution in [2.75, 3.05) is 13.2 Å². The topological polar surface area (TPSA) is 61.6 Å². The first-order valence-electron chi connectivity index (χ1n) is 6.00. The summed E-state index contributed by atoms with van der Waals surface area (Å²) in [5.74, 6) is -0.333. The van der Waals surface area contributed by atoms with E-state index >= 15 is 0 Å². The molecule has 0 N–H and O–H groups in total. The zero-order chi connectivity index (χ0) is 13.9. The number of halogens is 1. The largest absolute Gasteiger partial charge is 0.440 e. The van der Waals surface area contributed by atoms with Crippen LogP contribution < -0.4 is 0 Å². The average Bonchev–Trinajstić information content (AvgIpc) is 2.73. The van der Waals surface area contributed by atoms with Crippen LogP contribution in [0.15, 0.2) is 22.6 Å². The predicted octanol–water partition coefficient (Wildman–Crippen LogP) is 3.73. The molecule has 1 heterocycles. The first-order chi connectivity index (χ1) is 9.08. The van der Waals surface area contributed by atoms with Crippen LogP contribution >= 0.6 is 7.60 Å². The summed E-state index contributed by atoms with van der Waals surface area (Å²) in [6, 6.07) is 4.41. The number of oxazole rings is 1. The summed E-state index contributed by atoms with van der Waals surface area (Å²) in [6.07, 6.45) is -0.108. The lowest BCUT2D eigenvalue weighted by atomic mass is 10.3. The van der Waals surface area contributed by atoms with Gasteiger partial charge in [-0.25, -0.2) is 9.37 Å². The van der Waals surface area contributed by atoms with E-state index in [1.54, 1.807) is 19.9 Å². The van der Waals surface area contributed by atoms with E-state index in [4.69, 9.17) is 13.5 Å². The van der Waals surface area contributed by atoms with Crippen LogP contribution in [0.2, 0.25) is 0 Å². The Kier molecular flexibility index (Phi) is 4.34. The van der Waals surface area contributed by atoms with E-state index in [-0.39, 0.29) is 30.8 Å². The molecule has 0 saturated carbocycles. The first kappa shape index (κ1) is 14.2. The third-order valence-electron chi connectivity index (χ3n) is 2.39. The molecular formula is C12H15FNO4P. The second-order valence-corrected chi connectivity index (χ2v) is 5.85. The molecular weight excluding hydrogens is 272 g/mol. The molecule has 0 aliphatic heterocycles. The van der Waals surface area contributed by atoms with Crippen LogP contribution in [0.4, 0.5) is 4.39 Å². The number of hydrogen-bond donors (Lipinski definition) is 0. The molecule has 0 amide bonds. The second-order valence-electron chi connectivity index (χ2n) is 3.80. The van der Waals surface area contributed by atoms with Gasteiger partial charge in [-0.15, -0.1) is 0 Å². The molecule has 7 heteroatoms. The number of nitrogens with zero attached hydrogens (tertiary/aromatic N) is 1. The van der Waals surface area contributed by atoms with Crippen molar-refractivity contribution in [1.29, 1.82) is 0 Å². The van der Waals surface area contributed by atoms with Crippen molar-refractivity contribution in [3.8, 4) is 0 Å². The highest BCUT2D eigenvalue weighted by molar-refractivity contribution is 7.52. The van der Waals surface area contributed by atoms with Crippen molar-refractivity contribution in [3.05, 3.63) is 29.9 Å². The van der Waals surface area contributed by atoms with Gasteiger partial charge in [0.05, 0.1) is 13.2 Å². The molecule has 0 aliphatic rings. The lowest BCUT2D eigenvalue weighted by Gasteiger charge is -2.14. The van der Waals surface area contributed by atoms with Gasteiger partial charge in [-0.3, -0.25) is 4.57 Å². The van der Waals surface area contributed by atoms with E-state index in [0.717, 1.165) is 0 Å². The van der Waals surface area contributed by atoms with E-state index in [2.05, 4.69) is 4.98 Å². The maximum absolute atomic E-state index is 13.5. The highest BCUT2D eigenvalue weighted by Gasteiger charge is 2.27. The molecule has 0 atom stereocenters. The van der Waals surface area contributed by atoms with Gasteiger partial charge in [0.1, 0.15) is 11.7 Å². The van der Waals surface area contributed by atoms with Gasteiger partial charge < -0.3 is 13.5 Å². The third-order valence-corrected chi connectivity index (χ3v) is 4.36. The van der Waals surface area contributed by atoms with Crippen molar-refractivity contribution < 1.29 is 22.4 Å². The fourth-order valence-corrected chi connectivity index (χ4v) is 3.23. The van der Waals surface area contributed by atoms with Crippen molar-refractivity contribution in [1.82, 2.24) is 4.98 Å². The number of hydrogen-bond acceptors (Lipinski definition) is 5. The molecule has 1 aromatic carbocycles. The predicted molar refractivity (Wildman–Crippen MR) is 68.5 cm³/mol. The summed E-state index contributed by atoms with van der Waals surface area (Å²) in [5, 5.41) is 0. The molecule has 2 aromatic rings. The third kappa shape index (κ3) is 3.21. The van der Waals surface area contributed by atoms with E-state index in [1.165, 1.54) is 12.1 Å². The van der Waals surface area contributed by atoms with E-state index in [0.29, 0.717) is 5.58 Å². The highest BCUT2D eigenvalue weighted by Crippen LogP contribution is 2.51. The molecule has 0 spiro atoms. The summed E-state index contributed by atoms with van der Waals surface area (Å²) < 4.78 is 41.4. The standard InChI is InChI=1S/C12H15FNO4P/c1-3-16-19(15,17-4-2)8-11-14-12-9(13)6-5-7-10(12)18-11/h5-7H,3-4,8H2,1-2H3. The van der Waals surface area contributed by atoms with Gasteiger partial charge in [0.25, 0.3) is 0 Å². The lowest BCUT2D eigenvalue weighted by molar-refractivity contribution is 0.217. The molecule has 104 valence electrons. The Labute approximate surface area is 110 Å². The van der Waals surface area contributed by atoms with Crippen LogP contribution in [0.5, 0.6) is 0 Å². The Hall–Kier alpha value is -1.23. The molecule has 0 saturated heterocycles. The molecule has 0 unspecified atom stereocenters. The zero-order valence-corrected chi connectivity index (χ0v) is 11.7. The Morgan fingerprint density at radius 3 is 2.58 bits per heavy atom. The summed E-state index contributed by atoms with van der Waals surface area (Å²) in [4.78, 5) is 3.99. The van der Waals surface area contributed by atoms with Gasteiger partial charge in [0.15, 0.2) is 11.4 Å². The van der Waals surface area contributed by atoms with Crippen molar-refractivity contribution >= 4 is 18.7 Å². The van der Waals surface area contributed by atoms with Gasteiger partial charge in [-0.1, -0.05) is 6.07 Å². The van der Waals surface area contributed by atoms with Crippen molar-refractivity contribution in [2.24, 2.45) is 0 Å². The Morgan fingerprint density at radius 1 is 1.32 bits per heavy atom. The highest BCUT2D eigenvalue weighted by atomic mass is 31.2. The molecule has 0 radical (unpaired) electrons. The number of fused-ring (bicyclic) bond motifs is 1. The summed E-state index contributed by atoms with van der Waals surface area (Å²) in [5.41, 5.74) is 0.437.